The van der Waals surface area contributed by atoms with Crippen molar-refractivity contribution in [1.82, 2.24) is 5.32 Å². The van der Waals surface area contributed by atoms with Gasteiger partial charge in [0.25, 0.3) is 0 Å². The second-order valence-electron chi connectivity index (χ2n) is 5.07. The van der Waals surface area contributed by atoms with Crippen molar-refractivity contribution >= 4 is 0 Å². The number of benzene rings is 1. The highest BCUT2D eigenvalue weighted by molar-refractivity contribution is 5.14. The molecular formula is C14H22N. The summed E-state index contributed by atoms with van der Waals surface area (Å²) in [7, 11) is 0. The van der Waals surface area contributed by atoms with Crippen LogP contribution in [0.4, 0.5) is 0 Å². The van der Waals surface area contributed by atoms with Gasteiger partial charge < -0.3 is 5.32 Å². The average molecular weight is 204 g/mol. The lowest BCUT2D eigenvalue weighted by molar-refractivity contribution is 0.267. The van der Waals surface area contributed by atoms with Crippen molar-refractivity contribution in [3.05, 3.63) is 42.8 Å². The Morgan fingerprint density at radius 2 is 1.80 bits per heavy atom. The van der Waals surface area contributed by atoms with Gasteiger partial charge in [-0.05, 0) is 17.4 Å². The van der Waals surface area contributed by atoms with Gasteiger partial charge in [0.1, 0.15) is 0 Å². The maximum absolute atomic E-state index is 4.00. The topological polar surface area (TPSA) is 12.0 Å². The summed E-state index contributed by atoms with van der Waals surface area (Å²) < 4.78 is 0. The van der Waals surface area contributed by atoms with E-state index in [4.69, 9.17) is 0 Å². The van der Waals surface area contributed by atoms with E-state index in [1.807, 2.05) is 6.07 Å². The van der Waals surface area contributed by atoms with Gasteiger partial charge in [-0.3, -0.25) is 0 Å². The summed E-state index contributed by atoms with van der Waals surface area (Å²) in [6.07, 6.45) is 0.927. The molecular weight excluding hydrogens is 182 g/mol. The Morgan fingerprint density at radius 1 is 1.20 bits per heavy atom. The summed E-state index contributed by atoms with van der Waals surface area (Å²) in [6.45, 7) is 11.7. The minimum atomic E-state index is 0.274. The van der Waals surface area contributed by atoms with Gasteiger partial charge in [-0.25, -0.2) is 0 Å². The molecule has 1 unspecified atom stereocenters. The van der Waals surface area contributed by atoms with Crippen LogP contribution in [-0.4, -0.2) is 6.04 Å². The van der Waals surface area contributed by atoms with Crippen molar-refractivity contribution in [1.29, 1.82) is 0 Å². The molecule has 83 valence electrons. The van der Waals surface area contributed by atoms with Crippen LogP contribution in [0.25, 0.3) is 0 Å². The molecule has 1 atom stereocenters. The lowest BCUT2D eigenvalue weighted by Crippen LogP contribution is -2.39. The highest BCUT2D eigenvalue weighted by Crippen LogP contribution is 2.21. The Hall–Kier alpha value is -0.820. The van der Waals surface area contributed by atoms with Crippen LogP contribution in [-0.2, 0) is 6.54 Å². The smallest absolute Gasteiger partial charge is 0.0208 e. The van der Waals surface area contributed by atoms with Crippen LogP contribution >= 0.6 is 0 Å². The third-order valence-electron chi connectivity index (χ3n) is 2.73. The zero-order chi connectivity index (χ0) is 11.3. The van der Waals surface area contributed by atoms with E-state index < -0.39 is 0 Å². The van der Waals surface area contributed by atoms with Gasteiger partial charge in [0.2, 0.25) is 0 Å². The maximum atomic E-state index is 4.00. The molecule has 1 aromatic carbocycles. The van der Waals surface area contributed by atoms with Gasteiger partial charge in [-0.1, -0.05) is 58.0 Å². The average Bonchev–Trinajstić information content (AvgIpc) is 2.18. The summed E-state index contributed by atoms with van der Waals surface area (Å²) in [4.78, 5) is 0. The fraction of sp³-hybridized carbons (Fsp3) is 0.500. The Kier molecular flexibility index (Phi) is 4.34. The molecule has 0 heterocycles. The number of rotatable bonds is 4. The second-order valence-corrected chi connectivity index (χ2v) is 5.07. The molecule has 1 radical (unpaired) electrons. The molecule has 0 fully saturated rings. The first-order chi connectivity index (χ1) is 7.04. The molecule has 0 amide bonds. The van der Waals surface area contributed by atoms with Gasteiger partial charge >= 0.3 is 0 Å². The summed E-state index contributed by atoms with van der Waals surface area (Å²) >= 11 is 0. The molecule has 1 aromatic rings. The van der Waals surface area contributed by atoms with Gasteiger partial charge in [0.15, 0.2) is 0 Å². The van der Waals surface area contributed by atoms with Crippen LogP contribution in [0.1, 0.15) is 32.8 Å². The highest BCUT2D eigenvalue weighted by Gasteiger charge is 2.21. The van der Waals surface area contributed by atoms with E-state index in [0.717, 1.165) is 13.0 Å². The predicted octanol–water partition coefficient (Wildman–Crippen LogP) is 3.42. The minimum absolute atomic E-state index is 0.274. The van der Waals surface area contributed by atoms with Crippen molar-refractivity contribution in [2.45, 2.75) is 39.8 Å². The standard InChI is InChI=1S/C14H22N/c1-5-13(14(2,3)4)15-11-12-9-7-6-8-10-12/h6-10,13,15H,1,5,11H2,2-4H3. The molecule has 0 saturated carbocycles. The van der Waals surface area contributed by atoms with Crippen LogP contribution in [0.15, 0.2) is 30.3 Å². The van der Waals surface area contributed by atoms with Crippen molar-refractivity contribution < 1.29 is 0 Å². The maximum Gasteiger partial charge on any atom is 0.0208 e. The molecule has 0 aromatic heterocycles. The van der Waals surface area contributed by atoms with Crippen LogP contribution in [0, 0.1) is 12.3 Å². The molecule has 0 aliphatic rings. The Bertz CT molecular complexity index is 271. The zero-order valence-corrected chi connectivity index (χ0v) is 10.1. The van der Waals surface area contributed by atoms with Crippen LogP contribution in [0.5, 0.6) is 0 Å². The zero-order valence-electron chi connectivity index (χ0n) is 10.1. The van der Waals surface area contributed by atoms with Crippen LogP contribution in [0.2, 0.25) is 0 Å². The van der Waals surface area contributed by atoms with E-state index in [-0.39, 0.29) is 5.41 Å². The largest absolute Gasteiger partial charge is 0.309 e. The van der Waals surface area contributed by atoms with Crippen molar-refractivity contribution in [2.75, 3.05) is 0 Å². The number of nitrogens with one attached hydrogen (secondary N) is 1. The van der Waals surface area contributed by atoms with E-state index in [0.29, 0.717) is 6.04 Å². The molecule has 15 heavy (non-hydrogen) atoms. The normalized spacial score (nSPS) is 13.9. The van der Waals surface area contributed by atoms with Gasteiger partial charge in [0, 0.05) is 12.6 Å². The molecule has 0 aliphatic carbocycles. The Labute approximate surface area is 93.9 Å². The number of hydrogen-bond donors (Lipinski definition) is 1. The predicted molar refractivity (Wildman–Crippen MR) is 66.5 cm³/mol. The van der Waals surface area contributed by atoms with Crippen molar-refractivity contribution in [3.63, 3.8) is 0 Å². The Morgan fingerprint density at radius 3 is 2.27 bits per heavy atom. The molecule has 1 rings (SSSR count). The SMILES string of the molecule is [CH2]CC(NCc1ccccc1)C(C)(C)C. The van der Waals surface area contributed by atoms with E-state index in [9.17, 15) is 0 Å². The fourth-order valence-corrected chi connectivity index (χ4v) is 1.68. The van der Waals surface area contributed by atoms with E-state index in [1.165, 1.54) is 5.56 Å². The molecule has 0 bridgehead atoms. The fourth-order valence-electron chi connectivity index (χ4n) is 1.68. The molecule has 1 N–H and O–H groups in total. The molecule has 0 saturated heterocycles. The molecule has 1 heteroatoms. The lowest BCUT2D eigenvalue weighted by Gasteiger charge is -2.30. The van der Waals surface area contributed by atoms with E-state index in [2.05, 4.69) is 57.3 Å². The monoisotopic (exact) mass is 204 g/mol. The first-order valence-electron chi connectivity index (χ1n) is 5.60. The van der Waals surface area contributed by atoms with Crippen LogP contribution in [0.3, 0.4) is 0 Å². The van der Waals surface area contributed by atoms with Gasteiger partial charge in [-0.2, -0.15) is 0 Å². The van der Waals surface area contributed by atoms with Gasteiger partial charge in [0.05, 0.1) is 0 Å². The highest BCUT2D eigenvalue weighted by atomic mass is 14.9. The summed E-state index contributed by atoms with van der Waals surface area (Å²) in [6, 6.07) is 11.0. The van der Waals surface area contributed by atoms with E-state index >= 15 is 0 Å². The summed E-state index contributed by atoms with van der Waals surface area (Å²) in [5.74, 6) is 0. The Balaban J connectivity index is 2.49. The number of hydrogen-bond acceptors (Lipinski definition) is 1. The third kappa shape index (κ3) is 4.05. The van der Waals surface area contributed by atoms with Crippen molar-refractivity contribution in [2.24, 2.45) is 5.41 Å². The lowest BCUT2D eigenvalue weighted by atomic mass is 9.85. The van der Waals surface area contributed by atoms with E-state index in [1.54, 1.807) is 0 Å². The molecule has 1 nitrogen and oxygen atoms in total. The quantitative estimate of drug-likeness (QED) is 0.792. The summed E-state index contributed by atoms with van der Waals surface area (Å²) in [5.41, 5.74) is 1.61. The second kappa shape index (κ2) is 5.32. The molecule has 0 aliphatic heterocycles. The summed E-state index contributed by atoms with van der Waals surface area (Å²) in [5, 5.41) is 3.56. The molecule has 0 spiro atoms. The van der Waals surface area contributed by atoms with Crippen LogP contribution < -0.4 is 5.32 Å². The third-order valence-corrected chi connectivity index (χ3v) is 2.73. The first-order valence-corrected chi connectivity index (χ1v) is 5.60. The minimum Gasteiger partial charge on any atom is -0.309 e. The first kappa shape index (κ1) is 12.3. The van der Waals surface area contributed by atoms with Crippen molar-refractivity contribution in [3.8, 4) is 0 Å². The van der Waals surface area contributed by atoms with Gasteiger partial charge in [-0.15, -0.1) is 0 Å².